The molecule has 0 radical (unpaired) electrons. The summed E-state index contributed by atoms with van der Waals surface area (Å²) in [6.45, 7) is 3.05. The van der Waals surface area contributed by atoms with Crippen LogP contribution < -0.4 is 0 Å². The molecule has 0 bridgehead atoms. The molecule has 1 aliphatic heterocycles. The predicted molar refractivity (Wildman–Crippen MR) is 98.1 cm³/mol. The van der Waals surface area contributed by atoms with Crippen LogP contribution in [0.1, 0.15) is 15.2 Å². The van der Waals surface area contributed by atoms with Gasteiger partial charge in [0.25, 0.3) is 15.9 Å². The van der Waals surface area contributed by atoms with Gasteiger partial charge < -0.3 is 4.90 Å². The molecular weight excluding hydrogens is 411 g/mol. The molecule has 1 amide bonds. The van der Waals surface area contributed by atoms with Gasteiger partial charge in [-0.05, 0) is 25.1 Å². The molecular formula is C14H14Cl2N2O3S3. The molecule has 5 nitrogen and oxygen atoms in total. The van der Waals surface area contributed by atoms with Crippen LogP contribution in [0, 0.1) is 6.92 Å². The quantitative estimate of drug-likeness (QED) is 0.756. The Bertz CT molecular complexity index is 868. The number of sulfonamides is 1. The Morgan fingerprint density at radius 1 is 1.12 bits per heavy atom. The van der Waals surface area contributed by atoms with E-state index in [-0.39, 0.29) is 19.0 Å². The van der Waals surface area contributed by atoms with Gasteiger partial charge in [0, 0.05) is 31.1 Å². The van der Waals surface area contributed by atoms with Crippen molar-refractivity contribution in [1.82, 2.24) is 9.21 Å². The van der Waals surface area contributed by atoms with E-state index in [2.05, 4.69) is 0 Å². The first kappa shape index (κ1) is 18.2. The highest BCUT2D eigenvalue weighted by atomic mass is 35.5. The summed E-state index contributed by atoms with van der Waals surface area (Å²) in [4.78, 5) is 15.0. The van der Waals surface area contributed by atoms with Crippen molar-refractivity contribution < 1.29 is 13.2 Å². The number of halogens is 2. The molecule has 0 spiro atoms. The van der Waals surface area contributed by atoms with E-state index >= 15 is 0 Å². The Kier molecular flexibility index (Phi) is 5.25. The van der Waals surface area contributed by atoms with Gasteiger partial charge in [-0.25, -0.2) is 8.42 Å². The molecule has 2 aromatic rings. The van der Waals surface area contributed by atoms with Gasteiger partial charge in [0.1, 0.15) is 8.55 Å². The summed E-state index contributed by atoms with van der Waals surface area (Å²) in [7, 11) is -3.49. The van der Waals surface area contributed by atoms with E-state index < -0.39 is 10.0 Å². The first-order valence-corrected chi connectivity index (χ1v) is 10.9. The second-order valence-corrected chi connectivity index (χ2v) is 11.0. The highest BCUT2D eigenvalue weighted by molar-refractivity contribution is 7.91. The van der Waals surface area contributed by atoms with E-state index in [1.54, 1.807) is 23.1 Å². The third-order valence-corrected chi connectivity index (χ3v) is 8.58. The van der Waals surface area contributed by atoms with Gasteiger partial charge in [-0.2, -0.15) is 4.31 Å². The van der Waals surface area contributed by atoms with Crippen LogP contribution in [0.3, 0.4) is 0 Å². The summed E-state index contributed by atoms with van der Waals surface area (Å²) in [5.41, 5.74) is 0.372. The Hall–Kier alpha value is -0.640. The van der Waals surface area contributed by atoms with Crippen molar-refractivity contribution in [3.05, 3.63) is 37.3 Å². The first-order valence-electron chi connectivity index (χ1n) is 7.10. The second kappa shape index (κ2) is 6.93. The zero-order valence-electron chi connectivity index (χ0n) is 12.7. The van der Waals surface area contributed by atoms with Crippen molar-refractivity contribution in [2.24, 2.45) is 0 Å². The van der Waals surface area contributed by atoms with Gasteiger partial charge in [0.15, 0.2) is 0 Å². The standard InChI is InChI=1S/C14H14Cl2N2O3S3/c1-9-2-3-12(22-9)24(20,21)18-6-4-17(5-7-18)14(19)10-8-11(15)23-13(10)16/h2-3,8H,4-7H2,1H3. The molecule has 3 heterocycles. The topological polar surface area (TPSA) is 57.7 Å². The molecule has 24 heavy (non-hydrogen) atoms. The number of hydrogen-bond donors (Lipinski definition) is 0. The van der Waals surface area contributed by atoms with E-state index in [1.807, 2.05) is 6.92 Å². The van der Waals surface area contributed by atoms with Gasteiger partial charge >= 0.3 is 0 Å². The van der Waals surface area contributed by atoms with Gasteiger partial charge in [0.2, 0.25) is 0 Å². The molecule has 0 aromatic carbocycles. The molecule has 0 unspecified atom stereocenters. The van der Waals surface area contributed by atoms with Crippen molar-refractivity contribution in [3.63, 3.8) is 0 Å². The summed E-state index contributed by atoms with van der Waals surface area (Å²) in [6, 6.07) is 4.97. The highest BCUT2D eigenvalue weighted by Crippen LogP contribution is 2.32. The second-order valence-electron chi connectivity index (χ2n) is 5.30. The molecule has 0 aliphatic carbocycles. The van der Waals surface area contributed by atoms with Crippen LogP contribution in [0.5, 0.6) is 0 Å². The smallest absolute Gasteiger partial charge is 0.256 e. The lowest BCUT2D eigenvalue weighted by molar-refractivity contribution is 0.0698. The average molecular weight is 425 g/mol. The fourth-order valence-corrected chi connectivity index (χ4v) is 6.77. The van der Waals surface area contributed by atoms with Crippen molar-refractivity contribution in [2.75, 3.05) is 26.2 Å². The lowest BCUT2D eigenvalue weighted by atomic mass is 10.2. The van der Waals surface area contributed by atoms with Crippen LogP contribution in [0.4, 0.5) is 0 Å². The summed E-state index contributed by atoms with van der Waals surface area (Å²) in [5, 5.41) is 0. The molecule has 3 rings (SSSR count). The van der Waals surface area contributed by atoms with Gasteiger partial charge in [0.05, 0.1) is 9.90 Å². The summed E-state index contributed by atoms with van der Waals surface area (Å²) < 4.78 is 27.8. The lowest BCUT2D eigenvalue weighted by Gasteiger charge is -2.33. The third kappa shape index (κ3) is 3.49. The van der Waals surface area contributed by atoms with Crippen molar-refractivity contribution >= 4 is 61.8 Å². The minimum atomic E-state index is -3.49. The zero-order chi connectivity index (χ0) is 17.5. The van der Waals surface area contributed by atoms with E-state index in [9.17, 15) is 13.2 Å². The number of nitrogens with zero attached hydrogens (tertiary/aromatic N) is 2. The maximum absolute atomic E-state index is 12.6. The SMILES string of the molecule is Cc1ccc(S(=O)(=O)N2CCN(C(=O)c3cc(Cl)sc3Cl)CC2)s1. The minimum absolute atomic E-state index is 0.216. The molecule has 1 fully saturated rings. The van der Waals surface area contributed by atoms with E-state index in [1.165, 1.54) is 15.6 Å². The average Bonchev–Trinajstić information content (AvgIpc) is 3.12. The molecule has 0 atom stereocenters. The van der Waals surface area contributed by atoms with Crippen molar-refractivity contribution in [2.45, 2.75) is 11.1 Å². The molecule has 10 heteroatoms. The molecule has 0 N–H and O–H groups in total. The monoisotopic (exact) mass is 424 g/mol. The number of amides is 1. The molecule has 1 aliphatic rings. The van der Waals surface area contributed by atoms with Gasteiger partial charge in [-0.3, -0.25) is 4.79 Å². The molecule has 1 saturated heterocycles. The number of carbonyl (C=O) groups excluding carboxylic acids is 1. The number of aryl methyl sites for hydroxylation is 1. The van der Waals surface area contributed by atoms with Crippen LogP contribution >= 0.6 is 45.9 Å². The summed E-state index contributed by atoms with van der Waals surface area (Å²) >= 11 is 14.3. The van der Waals surface area contributed by atoms with Crippen LogP contribution in [0.2, 0.25) is 8.67 Å². The van der Waals surface area contributed by atoms with E-state index in [0.717, 1.165) is 16.2 Å². The maximum atomic E-state index is 12.6. The molecule has 0 saturated carbocycles. The lowest BCUT2D eigenvalue weighted by Crippen LogP contribution is -2.50. The third-order valence-electron chi connectivity index (χ3n) is 3.72. The van der Waals surface area contributed by atoms with Crippen LogP contribution in [-0.2, 0) is 10.0 Å². The Labute approximate surface area is 158 Å². The van der Waals surface area contributed by atoms with Gasteiger partial charge in [-0.15, -0.1) is 22.7 Å². The number of rotatable bonds is 3. The van der Waals surface area contributed by atoms with Crippen molar-refractivity contribution in [1.29, 1.82) is 0 Å². The fraction of sp³-hybridized carbons (Fsp3) is 0.357. The molecule has 2 aromatic heterocycles. The number of thiophene rings is 2. The van der Waals surface area contributed by atoms with Gasteiger partial charge in [-0.1, -0.05) is 23.2 Å². The highest BCUT2D eigenvalue weighted by Gasteiger charge is 2.32. The van der Waals surface area contributed by atoms with E-state index in [4.69, 9.17) is 23.2 Å². The normalized spacial score (nSPS) is 16.5. The number of carbonyl (C=O) groups is 1. The van der Waals surface area contributed by atoms with Crippen LogP contribution in [0.25, 0.3) is 0 Å². The zero-order valence-corrected chi connectivity index (χ0v) is 16.6. The minimum Gasteiger partial charge on any atom is -0.336 e. The number of hydrogen-bond acceptors (Lipinski definition) is 5. The number of piperazine rings is 1. The van der Waals surface area contributed by atoms with E-state index in [0.29, 0.717) is 31.5 Å². The fourth-order valence-electron chi connectivity index (χ4n) is 2.47. The predicted octanol–water partition coefficient (Wildman–Crippen LogP) is 3.57. The summed E-state index contributed by atoms with van der Waals surface area (Å²) in [6.07, 6.45) is 0. The van der Waals surface area contributed by atoms with Crippen LogP contribution in [0.15, 0.2) is 22.4 Å². The Morgan fingerprint density at radius 3 is 2.29 bits per heavy atom. The van der Waals surface area contributed by atoms with Crippen LogP contribution in [-0.4, -0.2) is 49.7 Å². The molecule has 130 valence electrons. The first-order chi connectivity index (χ1) is 11.3. The largest absolute Gasteiger partial charge is 0.336 e. The summed E-state index contributed by atoms with van der Waals surface area (Å²) in [5.74, 6) is -0.216. The maximum Gasteiger partial charge on any atom is 0.256 e. The Balaban J connectivity index is 1.70. The van der Waals surface area contributed by atoms with Crippen molar-refractivity contribution in [3.8, 4) is 0 Å². The Morgan fingerprint density at radius 2 is 1.79 bits per heavy atom.